The Morgan fingerprint density at radius 3 is 2.50 bits per heavy atom. The number of anilines is 1. The van der Waals surface area contributed by atoms with Gasteiger partial charge in [0.25, 0.3) is 5.91 Å². The fourth-order valence-electron chi connectivity index (χ4n) is 1.51. The number of hydrogen-bond acceptors (Lipinski definition) is 4. The molecule has 0 saturated carbocycles. The summed E-state index contributed by atoms with van der Waals surface area (Å²) >= 11 is 5.81. The van der Waals surface area contributed by atoms with E-state index in [2.05, 4.69) is 20.5 Å². The highest BCUT2D eigenvalue weighted by Crippen LogP contribution is 2.19. The third-order valence-electron chi connectivity index (χ3n) is 2.63. The van der Waals surface area contributed by atoms with Crippen LogP contribution in [0.4, 0.5) is 5.82 Å². The van der Waals surface area contributed by atoms with Gasteiger partial charge < -0.3 is 5.32 Å². The molecule has 1 N–H and O–H groups in total. The summed E-state index contributed by atoms with van der Waals surface area (Å²) < 4.78 is 0. The number of nitrogens with one attached hydrogen (secondary N) is 1. The van der Waals surface area contributed by atoms with Gasteiger partial charge in [-0.15, -0.1) is 5.10 Å². The van der Waals surface area contributed by atoms with Gasteiger partial charge in [0.15, 0.2) is 5.82 Å². The van der Waals surface area contributed by atoms with Gasteiger partial charge in [-0.3, -0.25) is 9.78 Å². The second-order valence-corrected chi connectivity index (χ2v) is 5.80. The standard InChI is InChI=1S/C14H15ClN4O/c1-14(2,3)11-4-5-12(19-18-11)17-13(20)10-8-9(15)6-7-16-10/h4-8H,1-3H3,(H,17,19,20). The zero-order chi connectivity index (χ0) is 14.8. The third kappa shape index (κ3) is 3.51. The Hall–Kier alpha value is -2.01. The average molecular weight is 291 g/mol. The molecule has 0 aliphatic rings. The van der Waals surface area contributed by atoms with E-state index in [1.807, 2.05) is 26.8 Å². The van der Waals surface area contributed by atoms with Crippen molar-refractivity contribution in [2.45, 2.75) is 26.2 Å². The van der Waals surface area contributed by atoms with E-state index in [1.165, 1.54) is 12.3 Å². The largest absolute Gasteiger partial charge is 0.304 e. The smallest absolute Gasteiger partial charge is 0.275 e. The topological polar surface area (TPSA) is 67.8 Å². The number of aromatic nitrogens is 3. The zero-order valence-corrected chi connectivity index (χ0v) is 12.3. The van der Waals surface area contributed by atoms with Gasteiger partial charge in [0.1, 0.15) is 5.69 Å². The van der Waals surface area contributed by atoms with E-state index in [9.17, 15) is 4.79 Å². The van der Waals surface area contributed by atoms with Gasteiger partial charge in [-0.05, 0) is 24.3 Å². The summed E-state index contributed by atoms with van der Waals surface area (Å²) in [5.41, 5.74) is 1.01. The highest BCUT2D eigenvalue weighted by Gasteiger charge is 2.16. The number of nitrogens with zero attached hydrogens (tertiary/aromatic N) is 3. The maximum Gasteiger partial charge on any atom is 0.275 e. The van der Waals surface area contributed by atoms with Gasteiger partial charge in [-0.1, -0.05) is 32.4 Å². The summed E-state index contributed by atoms with van der Waals surface area (Å²) in [5.74, 6) is 0.00934. The van der Waals surface area contributed by atoms with Crippen LogP contribution in [0, 0.1) is 0 Å². The molecule has 0 radical (unpaired) electrons. The highest BCUT2D eigenvalue weighted by atomic mass is 35.5. The molecule has 0 aliphatic carbocycles. The molecule has 2 aromatic rings. The maximum atomic E-state index is 11.9. The Kier molecular flexibility index (Phi) is 3.99. The molecule has 2 rings (SSSR count). The van der Waals surface area contributed by atoms with Crippen molar-refractivity contribution in [1.82, 2.24) is 15.2 Å². The van der Waals surface area contributed by atoms with E-state index in [0.29, 0.717) is 10.8 Å². The SMILES string of the molecule is CC(C)(C)c1ccc(NC(=O)c2cc(Cl)ccn2)nn1. The number of halogens is 1. The second-order valence-electron chi connectivity index (χ2n) is 5.37. The van der Waals surface area contributed by atoms with Crippen molar-refractivity contribution >= 4 is 23.3 Å². The van der Waals surface area contributed by atoms with Crippen LogP contribution in [-0.2, 0) is 5.41 Å². The molecule has 0 aliphatic heterocycles. The summed E-state index contributed by atoms with van der Waals surface area (Å²) in [6.45, 7) is 6.14. The second kappa shape index (κ2) is 5.54. The lowest BCUT2D eigenvalue weighted by molar-refractivity contribution is 0.102. The predicted octanol–water partition coefficient (Wildman–Crippen LogP) is 3.07. The van der Waals surface area contributed by atoms with Crippen LogP contribution in [0.3, 0.4) is 0 Å². The van der Waals surface area contributed by atoms with E-state index < -0.39 is 0 Å². The lowest BCUT2D eigenvalue weighted by Gasteiger charge is -2.16. The van der Waals surface area contributed by atoms with Crippen LogP contribution in [0.1, 0.15) is 37.0 Å². The van der Waals surface area contributed by atoms with Gasteiger partial charge >= 0.3 is 0 Å². The van der Waals surface area contributed by atoms with E-state index >= 15 is 0 Å². The molecule has 1 amide bonds. The molecule has 0 atom stereocenters. The maximum absolute atomic E-state index is 11.9. The Labute approximate surface area is 122 Å². The van der Waals surface area contributed by atoms with Crippen molar-refractivity contribution in [2.24, 2.45) is 0 Å². The molecule has 0 aromatic carbocycles. The van der Waals surface area contributed by atoms with Crippen LogP contribution in [0.15, 0.2) is 30.5 Å². The van der Waals surface area contributed by atoms with Crippen LogP contribution in [0.2, 0.25) is 5.02 Å². The summed E-state index contributed by atoms with van der Waals surface area (Å²) in [7, 11) is 0. The number of rotatable bonds is 2. The summed E-state index contributed by atoms with van der Waals surface area (Å²) in [6.07, 6.45) is 1.48. The molecule has 104 valence electrons. The number of carbonyl (C=O) groups excluding carboxylic acids is 1. The normalized spacial score (nSPS) is 11.2. The molecule has 20 heavy (non-hydrogen) atoms. The van der Waals surface area contributed by atoms with E-state index in [0.717, 1.165) is 5.69 Å². The van der Waals surface area contributed by atoms with Gasteiger partial charge in [0, 0.05) is 16.6 Å². The number of hydrogen-bond donors (Lipinski definition) is 1. The fourth-order valence-corrected chi connectivity index (χ4v) is 1.67. The monoisotopic (exact) mass is 290 g/mol. The summed E-state index contributed by atoms with van der Waals surface area (Å²) in [6, 6.07) is 6.66. The highest BCUT2D eigenvalue weighted by molar-refractivity contribution is 6.30. The van der Waals surface area contributed by atoms with Gasteiger partial charge in [-0.25, -0.2) is 0 Å². The minimum atomic E-state index is -0.370. The third-order valence-corrected chi connectivity index (χ3v) is 2.86. The van der Waals surface area contributed by atoms with Crippen LogP contribution in [0.25, 0.3) is 0 Å². The summed E-state index contributed by atoms with van der Waals surface area (Å²) in [4.78, 5) is 15.9. The van der Waals surface area contributed by atoms with Crippen LogP contribution < -0.4 is 5.32 Å². The van der Waals surface area contributed by atoms with Crippen molar-refractivity contribution in [3.63, 3.8) is 0 Å². The predicted molar refractivity (Wildman–Crippen MR) is 77.9 cm³/mol. The Balaban J connectivity index is 2.12. The van der Waals surface area contributed by atoms with E-state index in [-0.39, 0.29) is 17.0 Å². The Bertz CT molecular complexity index is 620. The molecule has 2 aromatic heterocycles. The molecule has 0 fully saturated rings. The zero-order valence-electron chi connectivity index (χ0n) is 11.5. The van der Waals surface area contributed by atoms with Crippen LogP contribution >= 0.6 is 11.6 Å². The molecular weight excluding hydrogens is 276 g/mol. The van der Waals surface area contributed by atoms with Crippen LogP contribution in [-0.4, -0.2) is 21.1 Å². The molecule has 5 nitrogen and oxygen atoms in total. The first-order valence-corrected chi connectivity index (χ1v) is 6.51. The number of pyridine rings is 1. The lowest BCUT2D eigenvalue weighted by Crippen LogP contribution is -2.17. The average Bonchev–Trinajstić information content (AvgIpc) is 2.38. The van der Waals surface area contributed by atoms with Crippen molar-refractivity contribution in [3.8, 4) is 0 Å². The molecule has 0 bridgehead atoms. The minimum Gasteiger partial charge on any atom is -0.304 e. The van der Waals surface area contributed by atoms with Crippen molar-refractivity contribution in [2.75, 3.05) is 5.32 Å². The molecular formula is C14H15ClN4O. The minimum absolute atomic E-state index is 0.0793. The van der Waals surface area contributed by atoms with Gasteiger partial charge in [-0.2, -0.15) is 5.10 Å². The van der Waals surface area contributed by atoms with Crippen molar-refractivity contribution in [1.29, 1.82) is 0 Å². The Morgan fingerprint density at radius 1 is 1.20 bits per heavy atom. The number of amides is 1. The summed E-state index contributed by atoms with van der Waals surface area (Å²) in [5, 5.41) is 11.2. The Morgan fingerprint density at radius 2 is 1.95 bits per heavy atom. The first-order chi connectivity index (χ1) is 9.36. The quantitative estimate of drug-likeness (QED) is 0.923. The van der Waals surface area contributed by atoms with Gasteiger partial charge in [0.2, 0.25) is 0 Å². The first-order valence-electron chi connectivity index (χ1n) is 6.13. The molecule has 0 spiro atoms. The van der Waals surface area contributed by atoms with Crippen molar-refractivity contribution < 1.29 is 4.79 Å². The first kappa shape index (κ1) is 14.4. The van der Waals surface area contributed by atoms with Crippen molar-refractivity contribution in [3.05, 3.63) is 46.9 Å². The molecule has 6 heteroatoms. The van der Waals surface area contributed by atoms with Gasteiger partial charge in [0.05, 0.1) is 5.69 Å². The fraction of sp³-hybridized carbons (Fsp3) is 0.286. The van der Waals surface area contributed by atoms with E-state index in [1.54, 1.807) is 12.1 Å². The molecule has 0 unspecified atom stereocenters. The van der Waals surface area contributed by atoms with E-state index in [4.69, 9.17) is 11.6 Å². The number of carbonyl (C=O) groups is 1. The van der Waals surface area contributed by atoms with Crippen LogP contribution in [0.5, 0.6) is 0 Å². The molecule has 0 saturated heterocycles. The molecule has 2 heterocycles. The lowest BCUT2D eigenvalue weighted by atomic mass is 9.92.